The van der Waals surface area contributed by atoms with E-state index in [1.54, 1.807) is 7.11 Å². The highest BCUT2D eigenvalue weighted by Crippen LogP contribution is 2.48. The molecule has 170 valence electrons. The Morgan fingerprint density at radius 1 is 0.912 bits per heavy atom. The van der Waals surface area contributed by atoms with Crippen LogP contribution in [0.3, 0.4) is 0 Å². The zero-order chi connectivity index (χ0) is 23.7. The van der Waals surface area contributed by atoms with Crippen molar-refractivity contribution < 1.29 is 9.53 Å². The lowest BCUT2D eigenvalue weighted by Gasteiger charge is -2.40. The summed E-state index contributed by atoms with van der Waals surface area (Å²) in [5.74, 6) is 0.836. The lowest BCUT2D eigenvalue weighted by molar-refractivity contribution is -0.113. The van der Waals surface area contributed by atoms with Crippen molar-refractivity contribution in [1.82, 2.24) is 5.32 Å². The predicted octanol–water partition coefficient (Wildman–Crippen LogP) is 6.76. The largest absolute Gasteiger partial charge is 0.497 e. The maximum atomic E-state index is 14.1. The van der Waals surface area contributed by atoms with Crippen molar-refractivity contribution in [2.24, 2.45) is 5.41 Å². The van der Waals surface area contributed by atoms with Crippen molar-refractivity contribution >= 4 is 17.6 Å². The van der Waals surface area contributed by atoms with Gasteiger partial charge < -0.3 is 10.1 Å². The lowest BCUT2D eigenvalue weighted by Crippen LogP contribution is -2.37. The number of hydrogen-bond donors (Lipinski definition) is 1. The first-order valence-corrected chi connectivity index (χ1v) is 11.7. The van der Waals surface area contributed by atoms with Crippen LogP contribution in [0, 0.1) is 5.41 Å². The molecular weight excluding hydrogens is 418 g/mol. The van der Waals surface area contributed by atoms with Gasteiger partial charge >= 0.3 is 0 Å². The normalized spacial score (nSPS) is 20.4. The van der Waals surface area contributed by atoms with Gasteiger partial charge in [-0.25, -0.2) is 0 Å². The van der Waals surface area contributed by atoms with E-state index in [2.05, 4.69) is 67.7 Å². The molecule has 2 aliphatic rings. The molecule has 1 aliphatic heterocycles. The molecule has 1 heterocycles. The Morgan fingerprint density at radius 2 is 1.56 bits per heavy atom. The number of rotatable bonds is 4. The average Bonchev–Trinajstić information content (AvgIpc) is 2.87. The van der Waals surface area contributed by atoms with E-state index in [0.29, 0.717) is 0 Å². The molecule has 5 rings (SSSR count). The standard InChI is InChI=1S/C31H29NO2/c1-31(2)20-28-29(30(33)26(31)18-21-10-6-4-7-11-21)25(22-12-8-5-9-13-22)19-27(32-28)23-14-16-24(34-3)17-15-23/h4-19,25,32H,20H2,1-3H3/b26-18+. The van der Waals surface area contributed by atoms with Crippen LogP contribution in [-0.2, 0) is 4.79 Å². The second kappa shape index (κ2) is 8.83. The van der Waals surface area contributed by atoms with Crippen LogP contribution in [0.4, 0.5) is 0 Å². The summed E-state index contributed by atoms with van der Waals surface area (Å²) < 4.78 is 5.33. The van der Waals surface area contributed by atoms with E-state index in [1.165, 1.54) is 0 Å². The Kier molecular flexibility index (Phi) is 5.70. The van der Waals surface area contributed by atoms with E-state index in [1.807, 2.05) is 48.5 Å². The van der Waals surface area contributed by atoms with Crippen molar-refractivity contribution in [3.63, 3.8) is 0 Å². The quantitative estimate of drug-likeness (QED) is 0.449. The number of dihydropyridines is 1. The molecule has 1 unspecified atom stereocenters. The van der Waals surface area contributed by atoms with Crippen molar-refractivity contribution in [2.75, 3.05) is 7.11 Å². The number of hydrogen-bond acceptors (Lipinski definition) is 3. The number of carbonyl (C=O) groups excluding carboxylic acids is 1. The van der Waals surface area contributed by atoms with E-state index in [0.717, 1.165) is 51.4 Å². The van der Waals surface area contributed by atoms with Gasteiger partial charge in [-0.05, 0) is 64.9 Å². The fourth-order valence-corrected chi connectivity index (χ4v) is 4.96. The second-order valence-corrected chi connectivity index (χ2v) is 9.57. The van der Waals surface area contributed by atoms with Gasteiger partial charge in [0.15, 0.2) is 5.78 Å². The molecule has 34 heavy (non-hydrogen) atoms. The number of carbonyl (C=O) groups is 1. The number of allylic oxidation sites excluding steroid dienone is 4. The minimum absolute atomic E-state index is 0.114. The number of benzene rings is 3. The number of nitrogens with one attached hydrogen (secondary N) is 1. The molecule has 0 fully saturated rings. The van der Waals surface area contributed by atoms with Crippen molar-refractivity contribution in [1.29, 1.82) is 0 Å². The fourth-order valence-electron chi connectivity index (χ4n) is 4.96. The van der Waals surface area contributed by atoms with Gasteiger partial charge in [0.05, 0.1) is 7.11 Å². The van der Waals surface area contributed by atoms with Crippen molar-refractivity contribution in [3.05, 3.63) is 125 Å². The third-order valence-corrected chi connectivity index (χ3v) is 6.76. The zero-order valence-electron chi connectivity index (χ0n) is 19.8. The molecule has 0 bridgehead atoms. The monoisotopic (exact) mass is 447 g/mol. The molecule has 1 atom stereocenters. The van der Waals surface area contributed by atoms with Crippen LogP contribution in [-0.4, -0.2) is 12.9 Å². The molecule has 3 aromatic rings. The van der Waals surface area contributed by atoms with Gasteiger partial charge in [0, 0.05) is 28.5 Å². The van der Waals surface area contributed by atoms with E-state index < -0.39 is 0 Å². The highest BCUT2D eigenvalue weighted by Gasteiger charge is 2.42. The number of methoxy groups -OCH3 is 1. The SMILES string of the molecule is COc1ccc(C2=CC(c3ccccc3)C3=C(CC(C)(C)/C(=C/c4ccccc4)C3=O)N2)cc1. The number of ether oxygens (including phenoxy) is 1. The smallest absolute Gasteiger partial charge is 0.188 e. The van der Waals surface area contributed by atoms with Crippen LogP contribution in [0.25, 0.3) is 11.8 Å². The Bertz CT molecular complexity index is 1300. The highest BCUT2D eigenvalue weighted by molar-refractivity contribution is 6.15. The van der Waals surface area contributed by atoms with Gasteiger partial charge in [-0.15, -0.1) is 0 Å². The molecule has 3 aromatic carbocycles. The summed E-state index contributed by atoms with van der Waals surface area (Å²) in [5.41, 5.74) is 6.71. The van der Waals surface area contributed by atoms with Crippen LogP contribution < -0.4 is 10.1 Å². The van der Waals surface area contributed by atoms with Gasteiger partial charge in [-0.2, -0.15) is 0 Å². The summed E-state index contributed by atoms with van der Waals surface area (Å²) in [4.78, 5) is 14.1. The lowest BCUT2D eigenvalue weighted by atomic mass is 9.67. The summed E-state index contributed by atoms with van der Waals surface area (Å²) in [6, 6.07) is 28.5. The van der Waals surface area contributed by atoms with E-state index in [9.17, 15) is 4.79 Å². The molecule has 1 N–H and O–H groups in total. The second-order valence-electron chi connectivity index (χ2n) is 9.57. The molecule has 0 spiro atoms. The van der Waals surface area contributed by atoms with Crippen LogP contribution >= 0.6 is 0 Å². The maximum absolute atomic E-state index is 14.1. The van der Waals surface area contributed by atoms with Crippen molar-refractivity contribution in [3.8, 4) is 5.75 Å². The van der Waals surface area contributed by atoms with E-state index >= 15 is 0 Å². The highest BCUT2D eigenvalue weighted by atomic mass is 16.5. The van der Waals surface area contributed by atoms with Crippen LogP contribution in [0.1, 0.15) is 42.9 Å². The minimum atomic E-state index is -0.289. The predicted molar refractivity (Wildman–Crippen MR) is 138 cm³/mol. The Morgan fingerprint density at radius 3 is 2.21 bits per heavy atom. The summed E-state index contributed by atoms with van der Waals surface area (Å²) >= 11 is 0. The molecular formula is C31H29NO2. The summed E-state index contributed by atoms with van der Waals surface area (Å²) in [7, 11) is 1.67. The van der Waals surface area contributed by atoms with Crippen LogP contribution in [0.15, 0.2) is 108 Å². The molecule has 1 aliphatic carbocycles. The maximum Gasteiger partial charge on any atom is 0.188 e. The Labute approximate surface area is 201 Å². The van der Waals surface area contributed by atoms with Gasteiger partial charge in [0.1, 0.15) is 5.75 Å². The first kappa shape index (κ1) is 22.0. The molecule has 0 saturated carbocycles. The summed E-state index contributed by atoms with van der Waals surface area (Å²) in [6.45, 7) is 4.32. The molecule has 3 heteroatoms. The van der Waals surface area contributed by atoms with Gasteiger partial charge in [-0.1, -0.05) is 74.5 Å². The van der Waals surface area contributed by atoms with Gasteiger partial charge in [-0.3, -0.25) is 4.79 Å². The van der Waals surface area contributed by atoms with Crippen molar-refractivity contribution in [2.45, 2.75) is 26.2 Å². The molecule has 0 amide bonds. The first-order valence-electron chi connectivity index (χ1n) is 11.7. The zero-order valence-corrected chi connectivity index (χ0v) is 19.8. The Balaban J connectivity index is 1.62. The first-order chi connectivity index (χ1) is 16.5. The molecule has 0 aromatic heterocycles. The molecule has 3 nitrogen and oxygen atoms in total. The Hall–Kier alpha value is -3.85. The minimum Gasteiger partial charge on any atom is -0.497 e. The third kappa shape index (κ3) is 4.10. The topological polar surface area (TPSA) is 38.3 Å². The average molecular weight is 448 g/mol. The van der Waals surface area contributed by atoms with Gasteiger partial charge in [0.25, 0.3) is 0 Å². The number of Topliss-reactive ketones (excluding diaryl/α,β-unsaturated/α-hetero) is 1. The van der Waals surface area contributed by atoms with Crippen LogP contribution in [0.5, 0.6) is 5.75 Å². The molecule has 0 radical (unpaired) electrons. The summed E-state index contributed by atoms with van der Waals surface area (Å²) in [5, 5.41) is 3.63. The summed E-state index contributed by atoms with van der Waals surface area (Å²) in [6.07, 6.45) is 5.02. The van der Waals surface area contributed by atoms with E-state index in [4.69, 9.17) is 4.74 Å². The van der Waals surface area contributed by atoms with Crippen LogP contribution in [0.2, 0.25) is 0 Å². The fraction of sp³-hybridized carbons (Fsp3) is 0.194. The van der Waals surface area contributed by atoms with E-state index in [-0.39, 0.29) is 17.1 Å². The third-order valence-electron chi connectivity index (χ3n) is 6.76. The van der Waals surface area contributed by atoms with Gasteiger partial charge in [0.2, 0.25) is 0 Å². The molecule has 0 saturated heterocycles. The number of ketones is 1.